The fraction of sp³-hybridized carbons (Fsp3) is 0.392. The Kier molecular flexibility index (Phi) is 12.5. The summed E-state index contributed by atoms with van der Waals surface area (Å²) in [7, 11) is 0. The van der Waals surface area contributed by atoms with Crippen molar-refractivity contribution in [2.45, 2.75) is 93.2 Å². The van der Waals surface area contributed by atoms with Crippen LogP contribution in [0.2, 0.25) is 0 Å². The van der Waals surface area contributed by atoms with Gasteiger partial charge in [0.1, 0.15) is 22.8 Å². The minimum Gasteiger partial charge on any atom is -0.460 e. The lowest BCUT2D eigenvalue weighted by Crippen LogP contribution is -2.64. The number of oxime groups is 1. The average molecular weight is 812 g/mol. The largest absolute Gasteiger partial charge is 0.460 e. The van der Waals surface area contributed by atoms with Crippen molar-refractivity contribution in [1.29, 1.82) is 0 Å². The summed E-state index contributed by atoms with van der Waals surface area (Å²) in [6.07, 6.45) is 9.91. The van der Waals surface area contributed by atoms with Crippen molar-refractivity contribution in [1.82, 2.24) is 0 Å². The molecule has 0 radical (unpaired) electrons. The molecule has 1 fully saturated rings. The summed E-state index contributed by atoms with van der Waals surface area (Å²) in [4.78, 5) is 7.42. The maximum Gasteiger partial charge on any atom is 0.231 e. The highest BCUT2D eigenvalue weighted by Gasteiger charge is 2.64. The highest BCUT2D eigenvalue weighted by molar-refractivity contribution is 8.00. The van der Waals surface area contributed by atoms with Gasteiger partial charge in [0, 0.05) is 36.0 Å². The topological polar surface area (TPSA) is 89.7 Å². The first-order valence-electron chi connectivity index (χ1n) is 21.3. The molecule has 0 saturated heterocycles. The highest BCUT2D eigenvalue weighted by atomic mass is 32.2. The number of hydrogen-bond acceptors (Lipinski definition) is 8. The lowest BCUT2D eigenvalue weighted by atomic mass is 9.56. The monoisotopic (exact) mass is 811 g/mol. The molecular weight excluding hydrogens is 755 g/mol. The number of nitrogens with zero attached hydrogens (tertiary/aromatic N) is 1. The summed E-state index contributed by atoms with van der Waals surface area (Å²) in [5.41, 5.74) is 2.62. The van der Waals surface area contributed by atoms with Gasteiger partial charge in [-0.2, -0.15) is 0 Å². The quantitative estimate of drug-likeness (QED) is 0.0583. The summed E-state index contributed by atoms with van der Waals surface area (Å²) in [5, 5.41) is 29.3. The zero-order chi connectivity index (χ0) is 41.0. The zero-order valence-electron chi connectivity index (χ0n) is 34.5. The molecule has 0 bridgehead atoms. The van der Waals surface area contributed by atoms with Crippen LogP contribution in [0, 0.1) is 17.8 Å². The minimum atomic E-state index is -1.08. The Bertz CT molecular complexity index is 2330. The second-order valence-electron chi connectivity index (χ2n) is 17.2. The molecule has 7 nitrogen and oxygen atoms in total. The van der Waals surface area contributed by atoms with E-state index in [0.717, 1.165) is 88.3 Å². The van der Waals surface area contributed by atoms with Gasteiger partial charge >= 0.3 is 0 Å². The average Bonchev–Trinajstić information content (AvgIpc) is 3.23. The van der Waals surface area contributed by atoms with Crippen LogP contribution in [-0.2, 0) is 9.57 Å². The molecule has 5 aromatic rings. The summed E-state index contributed by atoms with van der Waals surface area (Å²) in [6.45, 7) is 10.8. The van der Waals surface area contributed by atoms with Crippen LogP contribution in [0.4, 0.5) is 0 Å². The van der Waals surface area contributed by atoms with E-state index in [-0.39, 0.29) is 42.1 Å². The van der Waals surface area contributed by atoms with E-state index in [0.29, 0.717) is 13.0 Å². The maximum absolute atomic E-state index is 10.00. The fourth-order valence-electron chi connectivity index (χ4n) is 9.45. The van der Waals surface area contributed by atoms with Crippen LogP contribution in [0.25, 0.3) is 21.5 Å². The van der Waals surface area contributed by atoms with E-state index in [1.54, 1.807) is 11.8 Å². The molecule has 308 valence electrons. The molecule has 2 N–H and O–H groups in total. The van der Waals surface area contributed by atoms with Gasteiger partial charge in [-0.05, 0) is 128 Å². The molecule has 1 aliphatic heterocycles. The number of fused-ring (bicyclic) bond motifs is 4. The molecule has 3 aliphatic rings. The number of ether oxygens (including phenoxy) is 3. The van der Waals surface area contributed by atoms with E-state index in [1.807, 2.05) is 51.1 Å². The second kappa shape index (κ2) is 17.9. The molecule has 0 spiro atoms. The molecule has 0 amide bonds. The predicted octanol–water partition coefficient (Wildman–Crippen LogP) is 12.0. The fourth-order valence-corrected chi connectivity index (χ4v) is 10.8. The lowest BCUT2D eigenvalue weighted by Gasteiger charge is -2.58. The first-order valence-corrected chi connectivity index (χ1v) is 22.2. The molecule has 6 unspecified atom stereocenters. The van der Waals surface area contributed by atoms with Gasteiger partial charge in [0.05, 0.1) is 23.5 Å². The number of thioether (sulfide) groups is 1. The van der Waals surface area contributed by atoms with Gasteiger partial charge in [-0.1, -0.05) is 90.8 Å². The Balaban J connectivity index is 1.30. The summed E-state index contributed by atoms with van der Waals surface area (Å²) in [5.74, 6) is 1.32. The van der Waals surface area contributed by atoms with Crippen LogP contribution in [0.5, 0.6) is 17.2 Å². The number of unbranched alkanes of at least 4 members (excludes halogenated alkanes) is 2. The summed E-state index contributed by atoms with van der Waals surface area (Å²) >= 11 is 1.78. The van der Waals surface area contributed by atoms with Gasteiger partial charge < -0.3 is 29.3 Å². The third-order valence-electron chi connectivity index (χ3n) is 12.0. The molecule has 0 aromatic heterocycles. The van der Waals surface area contributed by atoms with Crippen molar-refractivity contribution in [3.63, 3.8) is 0 Å². The van der Waals surface area contributed by atoms with E-state index in [9.17, 15) is 10.2 Å². The first kappa shape index (κ1) is 41.1. The van der Waals surface area contributed by atoms with Gasteiger partial charge in [-0.15, -0.1) is 18.3 Å². The highest BCUT2D eigenvalue weighted by Crippen LogP contribution is 2.63. The third kappa shape index (κ3) is 8.83. The Morgan fingerprint density at radius 3 is 2.19 bits per heavy atom. The van der Waals surface area contributed by atoms with Crippen LogP contribution in [0.3, 0.4) is 0 Å². The van der Waals surface area contributed by atoms with E-state index in [1.165, 1.54) is 10.8 Å². The summed E-state index contributed by atoms with van der Waals surface area (Å²) < 4.78 is 21.3. The van der Waals surface area contributed by atoms with E-state index in [4.69, 9.17) is 24.2 Å². The van der Waals surface area contributed by atoms with Gasteiger partial charge in [-0.3, -0.25) is 0 Å². The molecule has 59 heavy (non-hydrogen) atoms. The third-order valence-corrected chi connectivity index (χ3v) is 13.3. The molecule has 5 aromatic carbocycles. The van der Waals surface area contributed by atoms with E-state index < -0.39 is 11.4 Å². The number of aliphatic hydroxyl groups excluding tert-OH is 2. The zero-order valence-corrected chi connectivity index (χ0v) is 35.3. The number of rotatable bonds is 16. The van der Waals surface area contributed by atoms with Crippen LogP contribution in [0.15, 0.2) is 137 Å². The van der Waals surface area contributed by atoms with Crippen molar-refractivity contribution in [2.75, 3.05) is 19.8 Å². The van der Waals surface area contributed by atoms with Gasteiger partial charge in [-0.25, -0.2) is 0 Å². The van der Waals surface area contributed by atoms with Gasteiger partial charge in [0.15, 0.2) is 0 Å². The standard InChI is InChI=1S/C51H57NO6S/c1-5-28-55-51-47(59-41-24-21-35-15-7-9-17-37(35)30-41)33-45(52-58-50(2,3)4)43-31-38(18-10-12-26-53)42(19-11-13-27-54)48(49(43)51)44-32-40(23-25-46(44)57-51)56-39-22-20-34-14-6-8-16-36(34)29-39/h5-9,14-17,20-25,29-32,38,42,47-49,53-54H,1,10-13,18-19,26-28,33H2,2-4H3. The van der Waals surface area contributed by atoms with E-state index in [2.05, 4.69) is 91.5 Å². The smallest absolute Gasteiger partial charge is 0.231 e. The number of benzene rings is 5. The van der Waals surface area contributed by atoms with E-state index >= 15 is 0 Å². The number of hydrogen-bond donors (Lipinski definition) is 2. The lowest BCUT2D eigenvalue weighted by molar-refractivity contribution is -0.223. The second-order valence-corrected chi connectivity index (χ2v) is 18.5. The predicted molar refractivity (Wildman–Crippen MR) is 240 cm³/mol. The SMILES string of the molecule is C=CCOC12Oc3ccc(Oc4ccc5ccccc5c4)cc3C3C(CCCCO)C(CCCCO)C=C(C(=NOC(C)(C)C)CC1Sc1ccc4ccccc4c1)C32. The van der Waals surface area contributed by atoms with Crippen LogP contribution >= 0.6 is 11.8 Å². The molecular formula is C51H57NO6S. The van der Waals surface area contributed by atoms with Gasteiger partial charge in [0.25, 0.3) is 0 Å². The number of aliphatic hydroxyl groups is 2. The van der Waals surface area contributed by atoms with Crippen molar-refractivity contribution >= 4 is 39.0 Å². The van der Waals surface area contributed by atoms with Crippen molar-refractivity contribution in [3.05, 3.63) is 133 Å². The first-order chi connectivity index (χ1) is 28.7. The molecule has 1 heterocycles. The number of allylic oxidation sites excluding steroid dienone is 1. The summed E-state index contributed by atoms with van der Waals surface area (Å²) in [6, 6.07) is 35.9. The van der Waals surface area contributed by atoms with Crippen LogP contribution in [-0.4, -0.2) is 52.4 Å². The van der Waals surface area contributed by atoms with Crippen LogP contribution in [0.1, 0.15) is 77.2 Å². The Morgan fingerprint density at radius 2 is 1.47 bits per heavy atom. The molecule has 2 aliphatic carbocycles. The Morgan fingerprint density at radius 1 is 0.814 bits per heavy atom. The Hall–Kier alpha value is -4.60. The maximum atomic E-state index is 10.00. The van der Waals surface area contributed by atoms with Gasteiger partial charge in [0.2, 0.25) is 5.79 Å². The van der Waals surface area contributed by atoms with Crippen molar-refractivity contribution in [3.8, 4) is 17.2 Å². The molecule has 6 atom stereocenters. The molecule has 1 saturated carbocycles. The van der Waals surface area contributed by atoms with Crippen molar-refractivity contribution < 1.29 is 29.3 Å². The van der Waals surface area contributed by atoms with Crippen LogP contribution < -0.4 is 9.47 Å². The minimum absolute atomic E-state index is 0.0404. The Labute approximate surface area is 353 Å². The van der Waals surface area contributed by atoms with Crippen molar-refractivity contribution in [2.24, 2.45) is 22.9 Å². The normalized spacial score (nSPS) is 24.3. The molecule has 8 heteroatoms. The molecule has 8 rings (SSSR count).